The molecule has 0 bridgehead atoms. The summed E-state index contributed by atoms with van der Waals surface area (Å²) in [6, 6.07) is 1.51. The second-order valence-corrected chi connectivity index (χ2v) is 5.02. The Labute approximate surface area is 106 Å². The van der Waals surface area contributed by atoms with Gasteiger partial charge in [0.15, 0.2) is 0 Å². The molecular weight excluding hydrogens is 242 g/mol. The Morgan fingerprint density at radius 2 is 2.00 bits per heavy atom. The number of rotatable bonds is 1. The zero-order valence-electron chi connectivity index (χ0n) is 10.6. The molecule has 94 valence electrons. The highest BCUT2D eigenvalue weighted by molar-refractivity contribution is 6.29. The van der Waals surface area contributed by atoms with Crippen LogP contribution in [0.2, 0.25) is 5.15 Å². The Bertz CT molecular complexity index is 409. The molecule has 5 nitrogen and oxygen atoms in total. The summed E-state index contributed by atoms with van der Waals surface area (Å²) >= 11 is 5.80. The molecule has 1 rings (SSSR count). The summed E-state index contributed by atoms with van der Waals surface area (Å²) in [7, 11) is 1.58. The highest BCUT2D eigenvalue weighted by atomic mass is 35.5. The van der Waals surface area contributed by atoms with Crippen LogP contribution >= 0.6 is 11.6 Å². The van der Waals surface area contributed by atoms with Gasteiger partial charge in [-0.1, -0.05) is 11.6 Å². The predicted molar refractivity (Wildman–Crippen MR) is 66.4 cm³/mol. The quantitative estimate of drug-likeness (QED) is 0.726. The van der Waals surface area contributed by atoms with Crippen molar-refractivity contribution in [2.75, 3.05) is 11.9 Å². The normalized spacial score (nSPS) is 11.2. The van der Waals surface area contributed by atoms with Gasteiger partial charge in [-0.15, -0.1) is 0 Å². The van der Waals surface area contributed by atoms with Crippen LogP contribution in [0.5, 0.6) is 0 Å². The van der Waals surface area contributed by atoms with Gasteiger partial charge in [0.05, 0.1) is 0 Å². The van der Waals surface area contributed by atoms with Gasteiger partial charge in [0.25, 0.3) is 0 Å². The molecule has 0 radical (unpaired) electrons. The summed E-state index contributed by atoms with van der Waals surface area (Å²) in [5.74, 6) is 0.916. The van der Waals surface area contributed by atoms with E-state index in [0.717, 1.165) is 0 Å². The summed E-state index contributed by atoms with van der Waals surface area (Å²) in [4.78, 5) is 21.1. The summed E-state index contributed by atoms with van der Waals surface area (Å²) in [5.41, 5.74) is -0.544. The van der Waals surface area contributed by atoms with Gasteiger partial charge in [-0.25, -0.2) is 14.8 Å². The van der Waals surface area contributed by atoms with Gasteiger partial charge in [-0.05, 0) is 27.7 Å². The lowest BCUT2D eigenvalue weighted by molar-refractivity contribution is 0.0588. The molecule has 1 heterocycles. The predicted octanol–water partition coefficient (Wildman–Crippen LogP) is 2.81. The summed E-state index contributed by atoms with van der Waals surface area (Å²) in [6.07, 6.45) is -0.480. The second kappa shape index (κ2) is 4.87. The van der Waals surface area contributed by atoms with E-state index in [1.807, 2.05) is 0 Å². The van der Waals surface area contributed by atoms with Crippen molar-refractivity contribution in [3.05, 3.63) is 17.0 Å². The van der Waals surface area contributed by atoms with Crippen molar-refractivity contribution >= 4 is 23.5 Å². The van der Waals surface area contributed by atoms with Gasteiger partial charge >= 0.3 is 6.09 Å². The molecule has 0 atom stereocenters. The maximum atomic E-state index is 11.8. The third-order valence-electron chi connectivity index (χ3n) is 1.80. The van der Waals surface area contributed by atoms with Gasteiger partial charge in [0.2, 0.25) is 0 Å². The molecule has 1 aromatic rings. The van der Waals surface area contributed by atoms with Crippen molar-refractivity contribution in [2.45, 2.75) is 33.3 Å². The number of hydrogen-bond acceptors (Lipinski definition) is 4. The molecular formula is C11H16ClN3O2. The first kappa shape index (κ1) is 13.7. The lowest BCUT2D eigenvalue weighted by Gasteiger charge is -2.24. The van der Waals surface area contributed by atoms with Crippen molar-refractivity contribution < 1.29 is 9.53 Å². The minimum atomic E-state index is -0.544. The van der Waals surface area contributed by atoms with Crippen LogP contribution in [0.1, 0.15) is 26.6 Å². The number of ether oxygens (including phenoxy) is 1. The molecule has 0 aliphatic carbocycles. The zero-order chi connectivity index (χ0) is 13.2. The summed E-state index contributed by atoms with van der Waals surface area (Å²) < 4.78 is 5.22. The average Bonchev–Trinajstić information content (AvgIpc) is 2.12. The third kappa shape index (κ3) is 4.19. The number of aryl methyl sites for hydroxylation is 1. The molecule has 0 aromatic carbocycles. The molecule has 17 heavy (non-hydrogen) atoms. The zero-order valence-corrected chi connectivity index (χ0v) is 11.4. The molecule has 0 saturated carbocycles. The molecule has 0 fully saturated rings. The lowest BCUT2D eigenvalue weighted by atomic mass is 10.2. The van der Waals surface area contributed by atoms with Gasteiger partial charge in [0, 0.05) is 13.1 Å². The van der Waals surface area contributed by atoms with E-state index in [4.69, 9.17) is 16.3 Å². The van der Waals surface area contributed by atoms with Crippen LogP contribution in [0, 0.1) is 6.92 Å². The van der Waals surface area contributed by atoms with E-state index in [2.05, 4.69) is 9.97 Å². The molecule has 0 aliphatic rings. The summed E-state index contributed by atoms with van der Waals surface area (Å²) in [5, 5.41) is 0.294. The highest BCUT2D eigenvalue weighted by Gasteiger charge is 2.21. The van der Waals surface area contributed by atoms with E-state index in [-0.39, 0.29) is 0 Å². The molecule has 1 aromatic heterocycles. The fourth-order valence-electron chi connectivity index (χ4n) is 1.11. The Hall–Kier alpha value is -1.36. The number of amides is 1. The first-order chi connectivity index (χ1) is 7.69. The minimum absolute atomic E-state index is 0.294. The number of carbonyl (C=O) groups is 1. The van der Waals surface area contributed by atoms with Crippen LogP contribution < -0.4 is 4.90 Å². The van der Waals surface area contributed by atoms with Crippen LogP contribution in [0.25, 0.3) is 0 Å². The molecule has 1 amide bonds. The number of aromatic nitrogens is 2. The van der Waals surface area contributed by atoms with Crippen molar-refractivity contribution in [3.8, 4) is 0 Å². The van der Waals surface area contributed by atoms with Crippen molar-refractivity contribution in [3.63, 3.8) is 0 Å². The molecule has 0 spiro atoms. The van der Waals surface area contributed by atoms with Gasteiger partial charge in [0.1, 0.15) is 22.4 Å². The van der Waals surface area contributed by atoms with Crippen LogP contribution in [-0.2, 0) is 4.74 Å². The lowest BCUT2D eigenvalue weighted by Crippen LogP contribution is -2.34. The first-order valence-corrected chi connectivity index (χ1v) is 5.55. The van der Waals surface area contributed by atoms with E-state index in [1.54, 1.807) is 34.7 Å². The maximum absolute atomic E-state index is 11.8. The average molecular weight is 258 g/mol. The second-order valence-electron chi connectivity index (χ2n) is 4.64. The largest absolute Gasteiger partial charge is 0.443 e. The third-order valence-corrected chi connectivity index (χ3v) is 2.00. The van der Waals surface area contributed by atoms with Crippen molar-refractivity contribution in [1.82, 2.24) is 9.97 Å². The number of nitrogens with zero attached hydrogens (tertiary/aromatic N) is 3. The van der Waals surface area contributed by atoms with E-state index < -0.39 is 11.7 Å². The Morgan fingerprint density at radius 1 is 1.41 bits per heavy atom. The standard InChI is InChI=1S/C11H16ClN3O2/c1-7-13-8(12)6-9(14-7)15(5)10(16)17-11(2,3)4/h6H,1-5H3. The van der Waals surface area contributed by atoms with Crippen LogP contribution in [0.4, 0.5) is 10.6 Å². The highest BCUT2D eigenvalue weighted by Crippen LogP contribution is 2.17. The number of halogens is 1. The molecule has 0 aliphatic heterocycles. The van der Waals surface area contributed by atoms with Crippen molar-refractivity contribution in [2.24, 2.45) is 0 Å². The van der Waals surface area contributed by atoms with Crippen molar-refractivity contribution in [1.29, 1.82) is 0 Å². The van der Waals surface area contributed by atoms with E-state index in [9.17, 15) is 4.79 Å². The monoisotopic (exact) mass is 257 g/mol. The SMILES string of the molecule is Cc1nc(Cl)cc(N(C)C(=O)OC(C)(C)C)n1. The molecule has 0 unspecified atom stereocenters. The fourth-order valence-corrected chi connectivity index (χ4v) is 1.33. The van der Waals surface area contributed by atoms with Crippen LogP contribution in [0.15, 0.2) is 6.07 Å². The fraction of sp³-hybridized carbons (Fsp3) is 0.545. The maximum Gasteiger partial charge on any atom is 0.415 e. The van der Waals surface area contributed by atoms with E-state index in [0.29, 0.717) is 16.8 Å². The Balaban J connectivity index is 2.89. The Kier molecular flexibility index (Phi) is 3.93. The molecule has 0 saturated heterocycles. The van der Waals surface area contributed by atoms with Crippen LogP contribution in [-0.4, -0.2) is 28.7 Å². The van der Waals surface area contributed by atoms with Gasteiger partial charge in [-0.3, -0.25) is 4.90 Å². The first-order valence-electron chi connectivity index (χ1n) is 5.17. The van der Waals surface area contributed by atoms with E-state index >= 15 is 0 Å². The smallest absolute Gasteiger partial charge is 0.415 e. The number of hydrogen-bond donors (Lipinski definition) is 0. The van der Waals surface area contributed by atoms with E-state index in [1.165, 1.54) is 11.0 Å². The Morgan fingerprint density at radius 3 is 2.47 bits per heavy atom. The topological polar surface area (TPSA) is 55.3 Å². The molecule has 0 N–H and O–H groups in total. The van der Waals surface area contributed by atoms with Crippen LogP contribution in [0.3, 0.4) is 0 Å². The minimum Gasteiger partial charge on any atom is -0.443 e. The van der Waals surface area contributed by atoms with Gasteiger partial charge < -0.3 is 4.74 Å². The number of carbonyl (C=O) groups excluding carboxylic acids is 1. The molecule has 6 heteroatoms. The van der Waals surface area contributed by atoms with Gasteiger partial charge in [-0.2, -0.15) is 0 Å². The summed E-state index contributed by atoms with van der Waals surface area (Å²) in [6.45, 7) is 7.11. The number of anilines is 1.